The number of aliphatic hydroxyl groups is 1. The predicted molar refractivity (Wildman–Crippen MR) is 71.8 cm³/mol. The minimum atomic E-state index is -1.38. The van der Waals surface area contributed by atoms with Crippen molar-refractivity contribution >= 4 is 57.2 Å². The lowest BCUT2D eigenvalue weighted by Crippen LogP contribution is -1.98. The van der Waals surface area contributed by atoms with E-state index in [1.165, 1.54) is 0 Å². The monoisotopic (exact) mass is 432 g/mol. The first kappa shape index (κ1) is 12.6. The summed E-state index contributed by atoms with van der Waals surface area (Å²) in [5.74, 6) is -1.96. The first-order valence-corrected chi connectivity index (χ1v) is 5.89. The zero-order valence-corrected chi connectivity index (χ0v) is 11.6. The van der Waals surface area contributed by atoms with E-state index in [1.807, 2.05) is 45.2 Å². The lowest BCUT2D eigenvalue weighted by molar-refractivity contribution is -0.135. The predicted octanol–water partition coefficient (Wildman–Crippen LogP) is 2.58. The number of hydrogen-bond donors (Lipinski definition) is 3. The SMILES string of the molecule is O=C(O)/C(O)=C/c1cc(I)c(O)c(I)c1. The van der Waals surface area contributed by atoms with Crippen LogP contribution in [0.15, 0.2) is 17.9 Å². The molecule has 0 saturated heterocycles. The van der Waals surface area contributed by atoms with Gasteiger partial charge in [0.25, 0.3) is 0 Å². The van der Waals surface area contributed by atoms with Crippen LogP contribution in [0.25, 0.3) is 6.08 Å². The van der Waals surface area contributed by atoms with Gasteiger partial charge < -0.3 is 15.3 Å². The summed E-state index contributed by atoms with van der Waals surface area (Å²) in [5, 5.41) is 26.9. The number of aliphatic hydroxyl groups excluding tert-OH is 1. The summed E-state index contributed by atoms with van der Waals surface area (Å²) in [4.78, 5) is 10.4. The van der Waals surface area contributed by atoms with Crippen molar-refractivity contribution in [3.8, 4) is 5.75 Å². The Morgan fingerprint density at radius 1 is 1.20 bits per heavy atom. The molecule has 0 spiro atoms. The molecule has 0 aliphatic rings. The van der Waals surface area contributed by atoms with Crippen molar-refractivity contribution in [2.24, 2.45) is 0 Å². The molecule has 0 atom stereocenters. The molecule has 80 valence electrons. The molecule has 1 aromatic carbocycles. The van der Waals surface area contributed by atoms with Gasteiger partial charge in [-0.25, -0.2) is 4.79 Å². The second-order valence-corrected chi connectivity index (χ2v) is 4.99. The van der Waals surface area contributed by atoms with Crippen LogP contribution in [0, 0.1) is 7.14 Å². The molecule has 1 rings (SSSR count). The van der Waals surface area contributed by atoms with Crippen LogP contribution in [-0.2, 0) is 4.79 Å². The maximum atomic E-state index is 10.4. The van der Waals surface area contributed by atoms with Crippen LogP contribution >= 0.6 is 45.2 Å². The van der Waals surface area contributed by atoms with E-state index in [2.05, 4.69) is 0 Å². The molecule has 0 fully saturated rings. The maximum absolute atomic E-state index is 10.4. The van der Waals surface area contributed by atoms with Crippen LogP contribution < -0.4 is 0 Å². The standard InChI is InChI=1S/C9H6I2O4/c10-5-1-4(2-6(11)8(5)13)3-7(12)9(14)15/h1-3,12-13H,(H,14,15)/b7-3-. The number of hydrogen-bond acceptors (Lipinski definition) is 3. The first-order valence-electron chi connectivity index (χ1n) is 3.73. The number of benzene rings is 1. The summed E-state index contributed by atoms with van der Waals surface area (Å²) < 4.78 is 1.20. The molecule has 0 aromatic heterocycles. The van der Waals surface area contributed by atoms with E-state index in [-0.39, 0.29) is 5.75 Å². The van der Waals surface area contributed by atoms with Gasteiger partial charge in [0.2, 0.25) is 5.76 Å². The van der Waals surface area contributed by atoms with Crippen molar-refractivity contribution < 1.29 is 20.1 Å². The van der Waals surface area contributed by atoms with E-state index >= 15 is 0 Å². The molecule has 0 radical (unpaired) electrons. The van der Waals surface area contributed by atoms with Crippen molar-refractivity contribution in [1.82, 2.24) is 0 Å². The Hall–Kier alpha value is -0.510. The van der Waals surface area contributed by atoms with Gasteiger partial charge in [0, 0.05) is 0 Å². The van der Waals surface area contributed by atoms with Gasteiger partial charge >= 0.3 is 5.97 Å². The quantitative estimate of drug-likeness (QED) is 0.382. The Morgan fingerprint density at radius 2 is 1.67 bits per heavy atom. The van der Waals surface area contributed by atoms with E-state index < -0.39 is 11.7 Å². The molecule has 0 unspecified atom stereocenters. The number of phenolic OH excluding ortho intramolecular Hbond substituents is 1. The highest BCUT2D eigenvalue weighted by molar-refractivity contribution is 14.1. The van der Waals surface area contributed by atoms with Crippen molar-refractivity contribution in [2.45, 2.75) is 0 Å². The normalized spacial score (nSPS) is 11.5. The van der Waals surface area contributed by atoms with Crippen LogP contribution in [0.1, 0.15) is 5.56 Å². The molecule has 3 N–H and O–H groups in total. The molecule has 15 heavy (non-hydrogen) atoms. The summed E-state index contributed by atoms with van der Waals surface area (Å²) in [6.45, 7) is 0. The van der Waals surface area contributed by atoms with Crippen LogP contribution in [0.3, 0.4) is 0 Å². The Morgan fingerprint density at radius 3 is 2.07 bits per heavy atom. The largest absolute Gasteiger partial charge is 0.506 e. The Balaban J connectivity index is 3.18. The number of rotatable bonds is 2. The lowest BCUT2D eigenvalue weighted by Gasteiger charge is -2.02. The fourth-order valence-corrected chi connectivity index (χ4v) is 2.70. The number of aliphatic carboxylic acids is 1. The zero-order chi connectivity index (χ0) is 11.6. The first-order chi connectivity index (χ1) is 6.91. The van der Waals surface area contributed by atoms with Gasteiger partial charge in [0.15, 0.2) is 0 Å². The number of aromatic hydroxyl groups is 1. The molecule has 4 nitrogen and oxygen atoms in total. The summed E-state index contributed by atoms with van der Waals surface area (Å²) >= 11 is 3.85. The van der Waals surface area contributed by atoms with Gasteiger partial charge in [-0.15, -0.1) is 0 Å². The molecule has 6 heteroatoms. The minimum Gasteiger partial charge on any atom is -0.506 e. The highest BCUT2D eigenvalue weighted by Gasteiger charge is 2.07. The van der Waals surface area contributed by atoms with Crippen molar-refractivity contribution in [2.75, 3.05) is 0 Å². The number of phenols is 1. The van der Waals surface area contributed by atoms with E-state index in [4.69, 9.17) is 10.2 Å². The summed E-state index contributed by atoms with van der Waals surface area (Å²) in [6.07, 6.45) is 1.13. The van der Waals surface area contributed by atoms with E-state index in [0.29, 0.717) is 12.7 Å². The minimum absolute atomic E-state index is 0.156. The number of carbonyl (C=O) groups is 1. The summed E-state index contributed by atoms with van der Waals surface area (Å²) in [5.41, 5.74) is 0.529. The van der Waals surface area contributed by atoms with Gasteiger partial charge in [0.05, 0.1) is 7.14 Å². The van der Waals surface area contributed by atoms with Crippen molar-refractivity contribution in [1.29, 1.82) is 0 Å². The van der Waals surface area contributed by atoms with Crippen LogP contribution in [0.2, 0.25) is 0 Å². The average Bonchev–Trinajstić information content (AvgIpc) is 2.13. The fraction of sp³-hybridized carbons (Fsp3) is 0. The van der Waals surface area contributed by atoms with Gasteiger partial charge in [-0.1, -0.05) is 0 Å². The average molecular weight is 432 g/mol. The summed E-state index contributed by atoms with van der Waals surface area (Å²) in [6, 6.07) is 3.16. The molecular formula is C9H6I2O4. The number of halogens is 2. The molecule has 0 saturated carbocycles. The fourth-order valence-electron chi connectivity index (χ4n) is 0.888. The second-order valence-electron chi connectivity index (χ2n) is 2.67. The van der Waals surface area contributed by atoms with E-state index in [1.54, 1.807) is 12.1 Å². The maximum Gasteiger partial charge on any atom is 0.370 e. The smallest absolute Gasteiger partial charge is 0.370 e. The van der Waals surface area contributed by atoms with Gasteiger partial charge in [-0.3, -0.25) is 0 Å². The lowest BCUT2D eigenvalue weighted by atomic mass is 10.2. The zero-order valence-electron chi connectivity index (χ0n) is 7.24. The Kier molecular flexibility index (Phi) is 4.20. The number of carboxylic acids is 1. The molecule has 0 bridgehead atoms. The highest BCUT2D eigenvalue weighted by atomic mass is 127. The summed E-state index contributed by atoms with van der Waals surface area (Å²) in [7, 11) is 0. The van der Waals surface area contributed by atoms with Crippen LogP contribution in [0.5, 0.6) is 5.75 Å². The third-order valence-electron chi connectivity index (χ3n) is 1.56. The molecule has 0 aliphatic carbocycles. The van der Waals surface area contributed by atoms with Crippen molar-refractivity contribution in [3.63, 3.8) is 0 Å². The molecule has 0 heterocycles. The molecule has 0 aliphatic heterocycles. The third-order valence-corrected chi connectivity index (χ3v) is 3.21. The number of carboxylic acid groups (broad SMARTS) is 1. The highest BCUT2D eigenvalue weighted by Crippen LogP contribution is 2.28. The Bertz CT molecular complexity index is 417. The second kappa shape index (κ2) is 5.01. The molecule has 1 aromatic rings. The van der Waals surface area contributed by atoms with Crippen LogP contribution in [-0.4, -0.2) is 21.3 Å². The van der Waals surface area contributed by atoms with E-state index in [0.717, 1.165) is 6.08 Å². The van der Waals surface area contributed by atoms with E-state index in [9.17, 15) is 9.90 Å². The third kappa shape index (κ3) is 3.23. The van der Waals surface area contributed by atoms with Gasteiger partial charge in [-0.05, 0) is 69.0 Å². The molecule has 0 amide bonds. The van der Waals surface area contributed by atoms with Crippen molar-refractivity contribution in [3.05, 3.63) is 30.6 Å². The van der Waals surface area contributed by atoms with Gasteiger partial charge in [0.1, 0.15) is 5.75 Å². The van der Waals surface area contributed by atoms with Crippen LogP contribution in [0.4, 0.5) is 0 Å². The van der Waals surface area contributed by atoms with Gasteiger partial charge in [-0.2, -0.15) is 0 Å². The topological polar surface area (TPSA) is 77.8 Å². The molecular weight excluding hydrogens is 426 g/mol. The Labute approximate surface area is 113 Å².